The van der Waals surface area contributed by atoms with E-state index in [0.29, 0.717) is 27.7 Å². The topological polar surface area (TPSA) is 78.5 Å². The molecule has 0 aromatic heterocycles. The number of hydrogen-bond donors (Lipinski definition) is 2. The van der Waals surface area contributed by atoms with Gasteiger partial charge in [-0.05, 0) is 79.8 Å². The van der Waals surface area contributed by atoms with Crippen molar-refractivity contribution in [3.05, 3.63) is 102 Å². The number of benzene rings is 3. The maximum atomic E-state index is 13.2. The summed E-state index contributed by atoms with van der Waals surface area (Å²) < 4.78 is 27.6. The third-order valence-electron chi connectivity index (χ3n) is 4.32. The second kappa shape index (κ2) is 9.95. The Balaban J connectivity index is 1.72. The highest BCUT2D eigenvalue weighted by Gasteiger charge is 2.25. The molecule has 0 radical (unpaired) electrons. The molecule has 6 nitrogen and oxygen atoms in total. The van der Waals surface area contributed by atoms with Crippen molar-refractivity contribution in [2.45, 2.75) is 11.8 Å². The van der Waals surface area contributed by atoms with Crippen molar-refractivity contribution in [3.8, 4) is 0 Å². The molecular formula is C23H20ClN3O3S2. The van der Waals surface area contributed by atoms with E-state index >= 15 is 0 Å². The molecule has 2 N–H and O–H groups in total. The standard InChI is InChI=1S/C23H20ClN3O3S2/c1-16(2)27(20-6-4-3-5-7-20)32(29,30)21-14-12-19(13-15-21)25-23(31)26-22(28)17-8-10-18(24)11-9-17/h3-15H,1H2,2H3,(H2,25,26,28,31). The summed E-state index contributed by atoms with van der Waals surface area (Å²) in [5, 5.41) is 6.03. The number of nitrogens with one attached hydrogen (secondary N) is 2. The minimum Gasteiger partial charge on any atom is -0.332 e. The van der Waals surface area contributed by atoms with Gasteiger partial charge in [0.1, 0.15) is 0 Å². The zero-order chi connectivity index (χ0) is 23.3. The molecule has 0 aliphatic rings. The molecule has 164 valence electrons. The van der Waals surface area contributed by atoms with Crippen molar-refractivity contribution >= 4 is 56.2 Å². The minimum absolute atomic E-state index is 0.0772. The highest BCUT2D eigenvalue weighted by Crippen LogP contribution is 2.27. The molecule has 32 heavy (non-hydrogen) atoms. The van der Waals surface area contributed by atoms with Crippen LogP contribution in [0.3, 0.4) is 0 Å². The summed E-state index contributed by atoms with van der Waals surface area (Å²) in [6, 6.07) is 21.1. The van der Waals surface area contributed by atoms with Gasteiger partial charge in [0.05, 0.1) is 10.6 Å². The zero-order valence-corrected chi connectivity index (χ0v) is 19.5. The predicted molar refractivity (Wildman–Crippen MR) is 133 cm³/mol. The highest BCUT2D eigenvalue weighted by molar-refractivity contribution is 7.93. The summed E-state index contributed by atoms with van der Waals surface area (Å²) in [7, 11) is -3.86. The van der Waals surface area contributed by atoms with Crippen molar-refractivity contribution < 1.29 is 13.2 Å². The first-order chi connectivity index (χ1) is 15.2. The molecule has 0 aliphatic heterocycles. The Labute approximate surface area is 197 Å². The van der Waals surface area contributed by atoms with Gasteiger partial charge in [0.15, 0.2) is 5.11 Å². The normalized spacial score (nSPS) is 10.8. The third kappa shape index (κ3) is 5.53. The lowest BCUT2D eigenvalue weighted by molar-refractivity contribution is 0.0977. The van der Waals surface area contributed by atoms with Crippen LogP contribution in [0.2, 0.25) is 5.02 Å². The zero-order valence-electron chi connectivity index (χ0n) is 17.1. The number of para-hydroxylation sites is 1. The third-order valence-corrected chi connectivity index (χ3v) is 6.65. The molecule has 3 rings (SSSR count). The molecule has 0 bridgehead atoms. The van der Waals surface area contributed by atoms with Crippen LogP contribution in [-0.2, 0) is 10.0 Å². The van der Waals surface area contributed by atoms with E-state index in [4.69, 9.17) is 23.8 Å². The summed E-state index contributed by atoms with van der Waals surface area (Å²) >= 11 is 11.0. The van der Waals surface area contributed by atoms with Gasteiger partial charge in [-0.15, -0.1) is 0 Å². The maximum absolute atomic E-state index is 13.2. The van der Waals surface area contributed by atoms with Gasteiger partial charge in [-0.2, -0.15) is 0 Å². The molecule has 3 aromatic rings. The van der Waals surface area contributed by atoms with Crippen LogP contribution in [-0.4, -0.2) is 19.4 Å². The maximum Gasteiger partial charge on any atom is 0.268 e. The van der Waals surface area contributed by atoms with Crippen LogP contribution in [0.4, 0.5) is 11.4 Å². The number of nitrogens with zero attached hydrogens (tertiary/aromatic N) is 1. The van der Waals surface area contributed by atoms with Gasteiger partial charge in [-0.25, -0.2) is 12.7 Å². The molecular weight excluding hydrogens is 466 g/mol. The molecule has 9 heteroatoms. The van der Waals surface area contributed by atoms with Gasteiger partial charge in [0, 0.05) is 22.0 Å². The van der Waals surface area contributed by atoms with Crippen molar-refractivity contribution in [2.24, 2.45) is 0 Å². The number of thiocarbonyl (C=S) groups is 1. The molecule has 0 aliphatic carbocycles. The van der Waals surface area contributed by atoms with Crippen molar-refractivity contribution in [2.75, 3.05) is 9.62 Å². The number of sulfonamides is 1. The van der Waals surface area contributed by atoms with Crippen LogP contribution >= 0.6 is 23.8 Å². The Bertz CT molecular complexity index is 1240. The Hall–Kier alpha value is -3.20. The van der Waals surface area contributed by atoms with Gasteiger partial charge < -0.3 is 5.32 Å². The van der Waals surface area contributed by atoms with Crippen molar-refractivity contribution in [1.29, 1.82) is 0 Å². The molecule has 0 fully saturated rings. The lowest BCUT2D eigenvalue weighted by Gasteiger charge is -2.24. The number of carbonyl (C=O) groups excluding carboxylic acids is 1. The van der Waals surface area contributed by atoms with E-state index < -0.39 is 15.9 Å². The van der Waals surface area contributed by atoms with Gasteiger partial charge >= 0.3 is 0 Å². The smallest absolute Gasteiger partial charge is 0.268 e. The van der Waals surface area contributed by atoms with Crippen LogP contribution in [0.1, 0.15) is 17.3 Å². The number of carbonyl (C=O) groups is 1. The molecule has 0 spiro atoms. The highest BCUT2D eigenvalue weighted by atomic mass is 35.5. The molecule has 0 unspecified atom stereocenters. The second-order valence-corrected chi connectivity index (χ2v) is 9.41. The Morgan fingerprint density at radius 2 is 1.56 bits per heavy atom. The minimum atomic E-state index is -3.86. The lowest BCUT2D eigenvalue weighted by Crippen LogP contribution is -2.34. The fourth-order valence-electron chi connectivity index (χ4n) is 2.88. The van der Waals surface area contributed by atoms with Crippen molar-refractivity contribution in [1.82, 2.24) is 5.32 Å². The Kier molecular flexibility index (Phi) is 7.29. The van der Waals surface area contributed by atoms with Gasteiger partial charge in [-0.3, -0.25) is 10.1 Å². The van der Waals surface area contributed by atoms with E-state index in [1.54, 1.807) is 67.6 Å². The lowest BCUT2D eigenvalue weighted by atomic mass is 10.2. The molecule has 0 heterocycles. The van der Waals surface area contributed by atoms with Crippen LogP contribution in [0.5, 0.6) is 0 Å². The first-order valence-electron chi connectivity index (χ1n) is 9.42. The van der Waals surface area contributed by atoms with E-state index in [1.807, 2.05) is 6.07 Å². The number of allylic oxidation sites excluding steroid dienone is 1. The fraction of sp³-hybridized carbons (Fsp3) is 0.0435. The predicted octanol–water partition coefficient (Wildman–Crippen LogP) is 5.20. The van der Waals surface area contributed by atoms with E-state index in [9.17, 15) is 13.2 Å². The molecule has 0 atom stereocenters. The number of amides is 1. The number of hydrogen-bond acceptors (Lipinski definition) is 4. The molecule has 1 amide bonds. The van der Waals surface area contributed by atoms with Crippen LogP contribution in [0.15, 0.2) is 96.0 Å². The van der Waals surface area contributed by atoms with Gasteiger partial charge in [0.2, 0.25) is 0 Å². The van der Waals surface area contributed by atoms with Gasteiger partial charge in [0.25, 0.3) is 15.9 Å². The SMILES string of the molecule is C=C(C)N(c1ccccc1)S(=O)(=O)c1ccc(NC(=S)NC(=O)c2ccc(Cl)cc2)cc1. The summed E-state index contributed by atoms with van der Waals surface area (Å²) in [5.41, 5.74) is 1.78. The average Bonchev–Trinajstić information content (AvgIpc) is 2.75. The van der Waals surface area contributed by atoms with Crippen molar-refractivity contribution in [3.63, 3.8) is 0 Å². The van der Waals surface area contributed by atoms with Crippen LogP contribution < -0.4 is 14.9 Å². The average molecular weight is 486 g/mol. The first kappa shape index (κ1) is 23.5. The summed E-state index contributed by atoms with van der Waals surface area (Å²) in [6.45, 7) is 5.43. The Morgan fingerprint density at radius 1 is 0.969 bits per heavy atom. The summed E-state index contributed by atoms with van der Waals surface area (Å²) in [6.07, 6.45) is 0. The number of rotatable bonds is 6. The van der Waals surface area contributed by atoms with E-state index in [-0.39, 0.29) is 10.0 Å². The Morgan fingerprint density at radius 3 is 2.12 bits per heavy atom. The second-order valence-electron chi connectivity index (χ2n) is 6.78. The largest absolute Gasteiger partial charge is 0.332 e. The van der Waals surface area contributed by atoms with E-state index in [2.05, 4.69) is 17.2 Å². The molecule has 0 saturated carbocycles. The fourth-order valence-corrected chi connectivity index (χ4v) is 4.72. The molecule has 0 saturated heterocycles. The monoisotopic (exact) mass is 485 g/mol. The quantitative estimate of drug-likeness (QED) is 0.469. The van der Waals surface area contributed by atoms with Crippen LogP contribution in [0, 0.1) is 0 Å². The summed E-state index contributed by atoms with van der Waals surface area (Å²) in [5.74, 6) is -0.390. The van der Waals surface area contributed by atoms with Crippen LogP contribution in [0.25, 0.3) is 0 Å². The van der Waals surface area contributed by atoms with E-state index in [0.717, 1.165) is 0 Å². The number of anilines is 2. The number of halogens is 1. The molecule has 3 aromatic carbocycles. The van der Waals surface area contributed by atoms with E-state index in [1.165, 1.54) is 16.4 Å². The van der Waals surface area contributed by atoms with Gasteiger partial charge in [-0.1, -0.05) is 36.4 Å². The summed E-state index contributed by atoms with van der Waals surface area (Å²) in [4.78, 5) is 12.3. The first-order valence-corrected chi connectivity index (χ1v) is 11.6.